The summed E-state index contributed by atoms with van der Waals surface area (Å²) in [6, 6.07) is 1.95. The molecule has 2 aromatic rings. The van der Waals surface area contributed by atoms with Crippen LogP contribution in [0.5, 0.6) is 5.75 Å². The third-order valence-corrected chi connectivity index (χ3v) is 7.59. The molecule has 4 amide bonds. The second kappa shape index (κ2) is 13.1. The second-order valence-electron chi connectivity index (χ2n) is 10.4. The summed E-state index contributed by atoms with van der Waals surface area (Å²) in [5.74, 6) is -2.44. The Kier molecular flexibility index (Phi) is 9.57. The zero-order chi connectivity index (χ0) is 29.7. The van der Waals surface area contributed by atoms with Crippen LogP contribution in [0, 0.1) is 5.92 Å². The van der Waals surface area contributed by atoms with Gasteiger partial charge in [0.25, 0.3) is 5.91 Å². The highest BCUT2D eigenvalue weighted by atomic mass is 16.5. The SMILES string of the molecule is CC[C@@H](C)[C@H]1NC(=O)[C@H](Cc2ccc(OC)cc2)NC(=O)C2C(O)C(O)CNN2C(=O)[C@@H](Cc2cnc[nH]2)NC1=O. The lowest BCUT2D eigenvalue weighted by Crippen LogP contribution is -2.72. The van der Waals surface area contributed by atoms with Crippen molar-refractivity contribution in [2.24, 2.45) is 5.92 Å². The molecule has 3 unspecified atom stereocenters. The summed E-state index contributed by atoms with van der Waals surface area (Å²) < 4.78 is 5.19. The lowest BCUT2D eigenvalue weighted by atomic mass is 9.95. The van der Waals surface area contributed by atoms with Crippen LogP contribution >= 0.6 is 0 Å². The van der Waals surface area contributed by atoms with Gasteiger partial charge in [0.2, 0.25) is 17.7 Å². The number of hydrogen-bond donors (Lipinski definition) is 7. The molecule has 0 saturated carbocycles. The number of aliphatic hydroxyl groups is 2. The molecule has 0 aliphatic carbocycles. The van der Waals surface area contributed by atoms with Gasteiger partial charge in [0, 0.05) is 31.3 Å². The molecular formula is C27H37N7O7. The number of hydrogen-bond acceptors (Lipinski definition) is 9. The lowest BCUT2D eigenvalue weighted by Gasteiger charge is -2.43. The molecule has 2 saturated heterocycles. The number of nitrogens with one attached hydrogen (secondary N) is 5. The van der Waals surface area contributed by atoms with E-state index in [0.717, 1.165) is 5.01 Å². The number of aromatic nitrogens is 2. The maximum absolute atomic E-state index is 13.9. The van der Waals surface area contributed by atoms with Crippen molar-refractivity contribution in [3.63, 3.8) is 0 Å². The van der Waals surface area contributed by atoms with Gasteiger partial charge in [0.05, 0.1) is 19.5 Å². The van der Waals surface area contributed by atoms with Gasteiger partial charge in [-0.2, -0.15) is 0 Å². The first-order chi connectivity index (χ1) is 19.6. The zero-order valence-corrected chi connectivity index (χ0v) is 23.2. The maximum Gasteiger partial charge on any atom is 0.260 e. The molecule has 14 heteroatoms. The molecule has 0 bridgehead atoms. The van der Waals surface area contributed by atoms with Crippen LogP contribution in [-0.4, -0.2) is 98.8 Å². The number of fused-ring (bicyclic) bond motifs is 1. The highest BCUT2D eigenvalue weighted by Crippen LogP contribution is 2.19. The first-order valence-electron chi connectivity index (χ1n) is 13.6. The van der Waals surface area contributed by atoms with Gasteiger partial charge in [-0.15, -0.1) is 0 Å². The second-order valence-corrected chi connectivity index (χ2v) is 10.4. The summed E-state index contributed by atoms with van der Waals surface area (Å²) in [5, 5.41) is 30.3. The number of hydrazine groups is 1. The molecular weight excluding hydrogens is 534 g/mol. The number of aliphatic hydroxyl groups excluding tert-OH is 2. The van der Waals surface area contributed by atoms with E-state index in [1.807, 2.05) is 6.92 Å². The predicted octanol–water partition coefficient (Wildman–Crippen LogP) is -1.85. The number of H-pyrrole nitrogens is 1. The Morgan fingerprint density at radius 2 is 1.71 bits per heavy atom. The lowest BCUT2D eigenvalue weighted by molar-refractivity contribution is -0.164. The maximum atomic E-state index is 13.9. The average Bonchev–Trinajstić information content (AvgIpc) is 3.48. The van der Waals surface area contributed by atoms with Crippen molar-refractivity contribution in [2.75, 3.05) is 13.7 Å². The van der Waals surface area contributed by atoms with E-state index in [2.05, 4.69) is 31.3 Å². The number of ether oxygens (including phenoxy) is 1. The number of nitrogens with zero attached hydrogens (tertiary/aromatic N) is 2. The van der Waals surface area contributed by atoms with Gasteiger partial charge in [-0.1, -0.05) is 32.4 Å². The first-order valence-corrected chi connectivity index (χ1v) is 13.6. The molecule has 41 heavy (non-hydrogen) atoms. The molecule has 3 heterocycles. The van der Waals surface area contributed by atoms with E-state index < -0.39 is 60.0 Å². The van der Waals surface area contributed by atoms with E-state index >= 15 is 0 Å². The van der Waals surface area contributed by atoms with E-state index in [0.29, 0.717) is 23.4 Å². The Balaban J connectivity index is 1.73. The molecule has 1 aromatic carbocycles. The summed E-state index contributed by atoms with van der Waals surface area (Å²) in [6.07, 6.45) is 0.489. The minimum absolute atomic E-state index is 0.00297. The molecule has 222 valence electrons. The first kappa shape index (κ1) is 30.0. The van der Waals surface area contributed by atoms with Gasteiger partial charge in [-0.3, -0.25) is 24.2 Å². The Morgan fingerprint density at radius 3 is 2.34 bits per heavy atom. The number of imidazole rings is 1. The third-order valence-electron chi connectivity index (χ3n) is 7.59. The Labute approximate surface area is 237 Å². The largest absolute Gasteiger partial charge is 0.497 e. The number of β-amino-alcohol motifs (C(OH)–C–C–N with tert-alkyl or cyclic N) is 1. The van der Waals surface area contributed by atoms with Crippen LogP contribution in [0.4, 0.5) is 0 Å². The van der Waals surface area contributed by atoms with Crippen LogP contribution in [0.1, 0.15) is 31.5 Å². The van der Waals surface area contributed by atoms with Crippen LogP contribution in [0.15, 0.2) is 36.8 Å². The van der Waals surface area contributed by atoms with Crippen molar-refractivity contribution < 1.29 is 34.1 Å². The fourth-order valence-corrected chi connectivity index (χ4v) is 4.93. The predicted molar refractivity (Wildman–Crippen MR) is 145 cm³/mol. The van der Waals surface area contributed by atoms with Crippen molar-refractivity contribution in [3.8, 4) is 5.75 Å². The van der Waals surface area contributed by atoms with Crippen molar-refractivity contribution in [3.05, 3.63) is 48.0 Å². The van der Waals surface area contributed by atoms with Crippen LogP contribution in [-0.2, 0) is 32.0 Å². The Bertz CT molecular complexity index is 1220. The topological polar surface area (TPSA) is 198 Å². The monoisotopic (exact) mass is 571 g/mol. The molecule has 2 aliphatic heterocycles. The van der Waals surface area contributed by atoms with Gasteiger partial charge < -0.3 is 35.9 Å². The summed E-state index contributed by atoms with van der Waals surface area (Å²) >= 11 is 0. The third kappa shape index (κ3) is 6.84. The smallest absolute Gasteiger partial charge is 0.260 e. The fraction of sp³-hybridized carbons (Fsp3) is 0.519. The summed E-state index contributed by atoms with van der Waals surface area (Å²) in [4.78, 5) is 61.6. The van der Waals surface area contributed by atoms with Crippen molar-refractivity contribution in [1.29, 1.82) is 0 Å². The van der Waals surface area contributed by atoms with E-state index in [1.54, 1.807) is 31.2 Å². The molecule has 14 nitrogen and oxygen atoms in total. The Hall–Kier alpha value is -4.01. The van der Waals surface area contributed by atoms with Crippen LogP contribution < -0.4 is 26.1 Å². The number of methoxy groups -OCH3 is 1. The molecule has 2 fully saturated rings. The van der Waals surface area contributed by atoms with Crippen LogP contribution in [0.25, 0.3) is 0 Å². The number of amides is 4. The molecule has 2 aliphatic rings. The summed E-state index contributed by atoms with van der Waals surface area (Å²) in [6.45, 7) is 3.46. The highest BCUT2D eigenvalue weighted by molar-refractivity contribution is 5.98. The van der Waals surface area contributed by atoms with Gasteiger partial charge in [-0.25, -0.2) is 10.4 Å². The van der Waals surface area contributed by atoms with E-state index in [9.17, 15) is 29.4 Å². The highest BCUT2D eigenvalue weighted by Gasteiger charge is 2.47. The minimum Gasteiger partial charge on any atom is -0.497 e. The normalized spacial score (nSPS) is 28.4. The molecule has 0 radical (unpaired) electrons. The fourth-order valence-electron chi connectivity index (χ4n) is 4.93. The quantitative estimate of drug-likeness (QED) is 0.200. The van der Waals surface area contributed by atoms with Crippen molar-refractivity contribution in [2.45, 2.75) is 69.5 Å². The molecule has 0 spiro atoms. The standard InChI is InChI=1S/C27H37N7O7/c1-4-14(2)21-25(38)32-19(10-16-11-28-13-29-16)27(40)34-22(23(36)20(35)12-30-34)26(39)31-18(24(37)33-21)9-15-5-7-17(41-3)8-6-15/h5-8,11,13-14,18-23,30,35-36H,4,9-10,12H2,1-3H3,(H,28,29)(H,31,39)(H,32,38)(H,33,37)/t14-,18+,19-,20?,21-,22?,23?/m1/s1. The number of carbonyl (C=O) groups is 4. The van der Waals surface area contributed by atoms with E-state index in [-0.39, 0.29) is 25.3 Å². The van der Waals surface area contributed by atoms with E-state index in [4.69, 9.17) is 4.74 Å². The van der Waals surface area contributed by atoms with Gasteiger partial charge in [0.1, 0.15) is 30.0 Å². The van der Waals surface area contributed by atoms with Crippen LogP contribution in [0.3, 0.4) is 0 Å². The summed E-state index contributed by atoms with van der Waals surface area (Å²) in [7, 11) is 1.53. The molecule has 7 atom stereocenters. The zero-order valence-electron chi connectivity index (χ0n) is 23.2. The number of aromatic amines is 1. The molecule has 1 aromatic heterocycles. The number of carbonyl (C=O) groups excluding carboxylic acids is 4. The summed E-state index contributed by atoms with van der Waals surface area (Å²) in [5.41, 5.74) is 3.94. The van der Waals surface area contributed by atoms with Gasteiger partial charge in [-0.05, 0) is 23.6 Å². The average molecular weight is 572 g/mol. The van der Waals surface area contributed by atoms with Crippen molar-refractivity contribution >= 4 is 23.6 Å². The number of benzene rings is 1. The van der Waals surface area contributed by atoms with Crippen LogP contribution in [0.2, 0.25) is 0 Å². The van der Waals surface area contributed by atoms with Gasteiger partial charge >= 0.3 is 0 Å². The molecule has 4 rings (SSSR count). The van der Waals surface area contributed by atoms with E-state index in [1.165, 1.54) is 19.6 Å². The molecule has 7 N–H and O–H groups in total. The minimum atomic E-state index is -1.66. The van der Waals surface area contributed by atoms with Gasteiger partial charge in [0.15, 0.2) is 6.04 Å². The number of rotatable bonds is 7. The van der Waals surface area contributed by atoms with Crippen molar-refractivity contribution in [1.82, 2.24) is 36.4 Å². The Morgan fingerprint density at radius 1 is 1.00 bits per heavy atom.